The van der Waals surface area contributed by atoms with Crippen molar-refractivity contribution >= 4 is 0 Å². The van der Waals surface area contributed by atoms with Crippen molar-refractivity contribution in [3.63, 3.8) is 0 Å². The molecule has 0 amide bonds. The van der Waals surface area contributed by atoms with Crippen LogP contribution in [0.4, 0.5) is 0 Å². The molecular weight excluding hydrogens is 250 g/mol. The zero-order valence-corrected chi connectivity index (χ0v) is 12.0. The number of hydrogen-bond acceptors (Lipinski definition) is 3. The Bertz CT molecular complexity index is 554. The molecule has 0 saturated carbocycles. The Labute approximate surface area is 120 Å². The van der Waals surface area contributed by atoms with Crippen molar-refractivity contribution in [2.24, 2.45) is 0 Å². The fourth-order valence-electron chi connectivity index (χ4n) is 2.17. The predicted molar refractivity (Wildman–Crippen MR) is 81.2 cm³/mol. The molecule has 3 heteroatoms. The van der Waals surface area contributed by atoms with Crippen LogP contribution in [-0.4, -0.2) is 18.8 Å². The second-order valence-electron chi connectivity index (χ2n) is 4.87. The fraction of sp³-hybridized carbons (Fsp3) is 0.294. The Kier molecular flexibility index (Phi) is 5.02. The van der Waals surface area contributed by atoms with Gasteiger partial charge in [-0.3, -0.25) is 0 Å². The third-order valence-electron chi connectivity index (χ3n) is 3.37. The number of nitrogens with one attached hydrogen (secondary N) is 1. The van der Waals surface area contributed by atoms with Crippen LogP contribution in [0.25, 0.3) is 0 Å². The van der Waals surface area contributed by atoms with Gasteiger partial charge in [-0.05, 0) is 55.3 Å². The molecule has 0 spiro atoms. The highest BCUT2D eigenvalue weighted by atomic mass is 16.5. The van der Waals surface area contributed by atoms with Gasteiger partial charge in [0.15, 0.2) is 0 Å². The van der Waals surface area contributed by atoms with Gasteiger partial charge in [-0.15, -0.1) is 0 Å². The normalized spacial score (nSPS) is 12.1. The van der Waals surface area contributed by atoms with Gasteiger partial charge < -0.3 is 15.2 Å². The first-order chi connectivity index (χ1) is 9.69. The van der Waals surface area contributed by atoms with Gasteiger partial charge in [-0.25, -0.2) is 0 Å². The van der Waals surface area contributed by atoms with Crippen LogP contribution >= 0.6 is 0 Å². The molecule has 0 aliphatic heterocycles. The first-order valence-corrected chi connectivity index (χ1v) is 6.84. The molecule has 0 fully saturated rings. The van der Waals surface area contributed by atoms with Crippen LogP contribution in [0.2, 0.25) is 0 Å². The van der Waals surface area contributed by atoms with Crippen LogP contribution in [0.15, 0.2) is 48.5 Å². The minimum absolute atomic E-state index is 0.215. The third-order valence-corrected chi connectivity index (χ3v) is 3.37. The Balaban J connectivity index is 1.86. The van der Waals surface area contributed by atoms with Crippen molar-refractivity contribution in [3.05, 3.63) is 59.7 Å². The number of phenols is 1. The van der Waals surface area contributed by atoms with E-state index in [0.29, 0.717) is 5.75 Å². The summed E-state index contributed by atoms with van der Waals surface area (Å²) in [5.74, 6) is 1.20. The maximum Gasteiger partial charge on any atom is 0.119 e. The Morgan fingerprint density at radius 3 is 2.70 bits per heavy atom. The van der Waals surface area contributed by atoms with Gasteiger partial charge in [-0.1, -0.05) is 24.3 Å². The molecule has 0 aliphatic carbocycles. The summed E-state index contributed by atoms with van der Waals surface area (Å²) in [5.41, 5.74) is 2.34. The highest BCUT2D eigenvalue weighted by Crippen LogP contribution is 2.18. The van der Waals surface area contributed by atoms with Crippen LogP contribution in [0.1, 0.15) is 24.1 Å². The van der Waals surface area contributed by atoms with Crippen LogP contribution in [0.5, 0.6) is 11.5 Å². The first-order valence-electron chi connectivity index (χ1n) is 6.84. The average molecular weight is 271 g/mol. The molecule has 20 heavy (non-hydrogen) atoms. The second kappa shape index (κ2) is 6.96. The van der Waals surface area contributed by atoms with Gasteiger partial charge in [0.25, 0.3) is 0 Å². The van der Waals surface area contributed by atoms with Gasteiger partial charge >= 0.3 is 0 Å². The van der Waals surface area contributed by atoms with E-state index in [2.05, 4.69) is 24.4 Å². The fourth-order valence-corrected chi connectivity index (χ4v) is 2.17. The molecule has 2 aromatic rings. The standard InChI is InChI=1S/C17H21NO2/c1-13(15-6-4-7-16(19)12-15)18-10-9-14-5-3-8-17(11-14)20-2/h3-8,11-13,18-19H,9-10H2,1-2H3. The van der Waals surface area contributed by atoms with E-state index in [1.165, 1.54) is 5.56 Å². The average Bonchev–Trinajstić information content (AvgIpc) is 2.47. The minimum Gasteiger partial charge on any atom is -0.508 e. The number of ether oxygens (including phenoxy) is 1. The maximum atomic E-state index is 9.48. The van der Waals surface area contributed by atoms with E-state index in [4.69, 9.17) is 4.74 Å². The Hall–Kier alpha value is -2.00. The van der Waals surface area contributed by atoms with Crippen LogP contribution in [0, 0.1) is 0 Å². The van der Waals surface area contributed by atoms with Crippen molar-refractivity contribution < 1.29 is 9.84 Å². The summed E-state index contributed by atoms with van der Waals surface area (Å²) in [6, 6.07) is 15.7. The number of aromatic hydroxyl groups is 1. The highest BCUT2D eigenvalue weighted by molar-refractivity contribution is 5.30. The lowest BCUT2D eigenvalue weighted by Gasteiger charge is -2.14. The molecule has 2 aromatic carbocycles. The molecule has 0 heterocycles. The molecule has 0 aliphatic rings. The highest BCUT2D eigenvalue weighted by Gasteiger charge is 2.05. The van der Waals surface area contributed by atoms with Crippen LogP contribution in [-0.2, 0) is 6.42 Å². The van der Waals surface area contributed by atoms with Crippen molar-refractivity contribution in [2.75, 3.05) is 13.7 Å². The topological polar surface area (TPSA) is 41.5 Å². The van der Waals surface area contributed by atoms with E-state index < -0.39 is 0 Å². The third kappa shape index (κ3) is 4.00. The van der Waals surface area contributed by atoms with E-state index in [0.717, 1.165) is 24.3 Å². The lowest BCUT2D eigenvalue weighted by atomic mass is 10.1. The second-order valence-corrected chi connectivity index (χ2v) is 4.87. The number of hydrogen-bond donors (Lipinski definition) is 2. The van der Waals surface area contributed by atoms with Gasteiger partial charge in [0, 0.05) is 6.04 Å². The van der Waals surface area contributed by atoms with Crippen LogP contribution < -0.4 is 10.1 Å². The van der Waals surface area contributed by atoms with Gasteiger partial charge in [-0.2, -0.15) is 0 Å². The summed E-state index contributed by atoms with van der Waals surface area (Å²) >= 11 is 0. The Morgan fingerprint density at radius 1 is 1.15 bits per heavy atom. The molecule has 2 rings (SSSR count). The van der Waals surface area contributed by atoms with Crippen molar-refractivity contribution in [3.8, 4) is 11.5 Å². The Morgan fingerprint density at radius 2 is 1.95 bits per heavy atom. The summed E-state index contributed by atoms with van der Waals surface area (Å²) in [6.07, 6.45) is 0.945. The zero-order chi connectivity index (χ0) is 14.4. The number of benzene rings is 2. The number of rotatable bonds is 6. The summed E-state index contributed by atoms with van der Waals surface area (Å²) in [4.78, 5) is 0. The quantitative estimate of drug-likeness (QED) is 0.847. The molecule has 2 N–H and O–H groups in total. The zero-order valence-electron chi connectivity index (χ0n) is 12.0. The summed E-state index contributed by atoms with van der Waals surface area (Å²) in [6.45, 7) is 2.98. The summed E-state index contributed by atoms with van der Waals surface area (Å²) in [7, 11) is 1.68. The summed E-state index contributed by atoms with van der Waals surface area (Å²) in [5, 5.41) is 12.9. The van der Waals surface area contributed by atoms with Gasteiger partial charge in [0.05, 0.1) is 7.11 Å². The van der Waals surface area contributed by atoms with E-state index in [9.17, 15) is 5.11 Å². The van der Waals surface area contributed by atoms with Crippen molar-refractivity contribution in [2.45, 2.75) is 19.4 Å². The van der Waals surface area contributed by atoms with E-state index >= 15 is 0 Å². The molecular formula is C17H21NO2. The lowest BCUT2D eigenvalue weighted by molar-refractivity contribution is 0.414. The molecule has 0 saturated heterocycles. The molecule has 1 atom stereocenters. The van der Waals surface area contributed by atoms with Crippen LogP contribution in [0.3, 0.4) is 0 Å². The molecule has 0 radical (unpaired) electrons. The molecule has 0 bridgehead atoms. The van der Waals surface area contributed by atoms with Crippen molar-refractivity contribution in [1.82, 2.24) is 5.32 Å². The maximum absolute atomic E-state index is 9.48. The molecule has 3 nitrogen and oxygen atoms in total. The number of phenolic OH excluding ortho intramolecular Hbond substituents is 1. The van der Waals surface area contributed by atoms with E-state index in [1.54, 1.807) is 19.2 Å². The number of methoxy groups -OCH3 is 1. The molecule has 1 unspecified atom stereocenters. The van der Waals surface area contributed by atoms with Crippen molar-refractivity contribution in [1.29, 1.82) is 0 Å². The molecule has 0 aromatic heterocycles. The predicted octanol–water partition coefficient (Wildman–Crippen LogP) is 3.29. The minimum atomic E-state index is 0.215. The first kappa shape index (κ1) is 14.4. The monoisotopic (exact) mass is 271 g/mol. The van der Waals surface area contributed by atoms with Gasteiger partial charge in [0.1, 0.15) is 11.5 Å². The van der Waals surface area contributed by atoms with E-state index in [1.807, 2.05) is 24.3 Å². The molecule has 106 valence electrons. The van der Waals surface area contributed by atoms with Gasteiger partial charge in [0.2, 0.25) is 0 Å². The largest absolute Gasteiger partial charge is 0.508 e. The summed E-state index contributed by atoms with van der Waals surface area (Å²) < 4.78 is 5.22. The SMILES string of the molecule is COc1cccc(CCNC(C)c2cccc(O)c2)c1. The smallest absolute Gasteiger partial charge is 0.119 e. The van der Waals surface area contributed by atoms with E-state index in [-0.39, 0.29) is 6.04 Å². The lowest BCUT2D eigenvalue weighted by Crippen LogP contribution is -2.21.